The van der Waals surface area contributed by atoms with Crippen LogP contribution in [0.3, 0.4) is 0 Å². The van der Waals surface area contributed by atoms with Gasteiger partial charge in [-0.25, -0.2) is 21.9 Å². The fraction of sp³-hybridized carbons (Fsp3) is 0.538. The predicted molar refractivity (Wildman–Crippen MR) is 73.0 cm³/mol. The van der Waals surface area contributed by atoms with Crippen LogP contribution in [-0.2, 0) is 21.3 Å². The number of nitrogens with one attached hydrogen (secondary N) is 1. The molecule has 0 heterocycles. The molecule has 0 aliphatic heterocycles. The van der Waals surface area contributed by atoms with Crippen LogP contribution in [0, 0.1) is 11.6 Å². The Morgan fingerprint density at radius 1 is 1.38 bits per heavy atom. The Hall–Kier alpha value is -1.09. The number of hydrogen-bond donors (Lipinski definition) is 2. The first kappa shape index (κ1) is 16.3. The van der Waals surface area contributed by atoms with Crippen molar-refractivity contribution < 1.29 is 21.9 Å². The van der Waals surface area contributed by atoms with E-state index in [0.29, 0.717) is 0 Å². The summed E-state index contributed by atoms with van der Waals surface area (Å²) < 4.78 is 59.4. The van der Waals surface area contributed by atoms with Gasteiger partial charge in [0.15, 0.2) is 5.82 Å². The monoisotopic (exact) mass is 320 g/mol. The fourth-order valence-corrected chi connectivity index (χ4v) is 3.51. The maximum Gasteiger partial charge on any atom is 0.243 e. The van der Waals surface area contributed by atoms with E-state index in [-0.39, 0.29) is 6.54 Å². The Morgan fingerprint density at radius 2 is 2.05 bits per heavy atom. The summed E-state index contributed by atoms with van der Waals surface area (Å²) in [4.78, 5) is -0.602. The van der Waals surface area contributed by atoms with Crippen LogP contribution >= 0.6 is 0 Å². The Morgan fingerprint density at radius 3 is 2.52 bits per heavy atom. The van der Waals surface area contributed by atoms with E-state index in [0.717, 1.165) is 31.4 Å². The highest BCUT2D eigenvalue weighted by Crippen LogP contribution is 2.34. The lowest BCUT2D eigenvalue weighted by molar-refractivity contribution is -0.0659. The van der Waals surface area contributed by atoms with Gasteiger partial charge < -0.3 is 10.5 Å². The van der Waals surface area contributed by atoms with E-state index >= 15 is 0 Å². The second kappa shape index (κ2) is 5.96. The summed E-state index contributed by atoms with van der Waals surface area (Å²) in [7, 11) is -2.57. The van der Waals surface area contributed by atoms with Gasteiger partial charge in [-0.2, -0.15) is 0 Å². The third-order valence-corrected chi connectivity index (χ3v) is 5.35. The summed E-state index contributed by atoms with van der Waals surface area (Å²) in [6.07, 6.45) is 2.44. The number of halogens is 2. The van der Waals surface area contributed by atoms with Crippen molar-refractivity contribution in [3.8, 4) is 0 Å². The molecule has 0 amide bonds. The molecule has 21 heavy (non-hydrogen) atoms. The smallest absolute Gasteiger partial charge is 0.243 e. The van der Waals surface area contributed by atoms with Crippen LogP contribution in [0.15, 0.2) is 17.0 Å². The Kier molecular flexibility index (Phi) is 4.62. The number of methoxy groups -OCH3 is 1. The summed E-state index contributed by atoms with van der Waals surface area (Å²) in [6.45, 7) is -0.357. The Labute approximate surface area is 122 Å². The van der Waals surface area contributed by atoms with E-state index in [1.54, 1.807) is 0 Å². The molecule has 1 aromatic rings. The molecule has 0 unspecified atom stereocenters. The zero-order valence-electron chi connectivity index (χ0n) is 11.7. The van der Waals surface area contributed by atoms with Crippen molar-refractivity contribution in [1.82, 2.24) is 4.72 Å². The molecule has 0 radical (unpaired) electrons. The average Bonchev–Trinajstić information content (AvgIpc) is 2.38. The maximum absolute atomic E-state index is 14.1. The first-order chi connectivity index (χ1) is 9.85. The molecule has 0 bridgehead atoms. The van der Waals surface area contributed by atoms with Crippen molar-refractivity contribution in [2.24, 2.45) is 5.73 Å². The minimum atomic E-state index is -4.09. The molecule has 1 fully saturated rings. The molecule has 3 N–H and O–H groups in total. The van der Waals surface area contributed by atoms with Crippen LogP contribution in [-0.4, -0.2) is 27.7 Å². The van der Waals surface area contributed by atoms with E-state index in [1.165, 1.54) is 7.11 Å². The molecule has 0 aromatic heterocycles. The third-order valence-electron chi connectivity index (χ3n) is 3.93. The first-order valence-corrected chi connectivity index (χ1v) is 8.05. The molecule has 1 saturated carbocycles. The zero-order chi connectivity index (χ0) is 15.7. The number of rotatable bonds is 6. The van der Waals surface area contributed by atoms with Crippen LogP contribution < -0.4 is 10.5 Å². The summed E-state index contributed by atoms with van der Waals surface area (Å²) >= 11 is 0. The van der Waals surface area contributed by atoms with E-state index < -0.39 is 44.3 Å². The predicted octanol–water partition coefficient (Wildman–Crippen LogP) is 1.27. The molecule has 0 saturated heterocycles. The molecule has 1 aliphatic rings. The van der Waals surface area contributed by atoms with E-state index in [1.807, 2.05) is 0 Å². The Balaban J connectivity index is 2.24. The normalized spacial score (nSPS) is 17.5. The van der Waals surface area contributed by atoms with Crippen LogP contribution in [0.25, 0.3) is 0 Å². The average molecular weight is 320 g/mol. The topological polar surface area (TPSA) is 81.4 Å². The molecule has 1 aromatic carbocycles. The summed E-state index contributed by atoms with van der Waals surface area (Å²) in [5, 5.41) is 0. The van der Waals surface area contributed by atoms with E-state index in [9.17, 15) is 17.2 Å². The molecule has 1 aliphatic carbocycles. The van der Waals surface area contributed by atoms with Gasteiger partial charge in [-0.3, -0.25) is 0 Å². The third kappa shape index (κ3) is 3.08. The number of ether oxygens (including phenoxy) is 1. The summed E-state index contributed by atoms with van der Waals surface area (Å²) in [5.74, 6) is -2.01. The quantitative estimate of drug-likeness (QED) is 0.827. The van der Waals surface area contributed by atoms with Crippen molar-refractivity contribution in [3.05, 3.63) is 29.3 Å². The fourth-order valence-electron chi connectivity index (χ4n) is 2.30. The summed E-state index contributed by atoms with van der Waals surface area (Å²) in [6, 6.07) is 1.79. The highest BCUT2D eigenvalue weighted by molar-refractivity contribution is 7.89. The van der Waals surface area contributed by atoms with Crippen LogP contribution in [0.1, 0.15) is 24.8 Å². The lowest BCUT2D eigenvalue weighted by Crippen LogP contribution is -2.49. The number of hydrogen-bond acceptors (Lipinski definition) is 4. The number of benzene rings is 1. The Bertz CT molecular complexity index is 625. The molecular weight excluding hydrogens is 302 g/mol. The van der Waals surface area contributed by atoms with Gasteiger partial charge >= 0.3 is 0 Å². The molecule has 0 atom stereocenters. The van der Waals surface area contributed by atoms with Gasteiger partial charge in [0.05, 0.1) is 5.60 Å². The van der Waals surface area contributed by atoms with Crippen molar-refractivity contribution in [2.75, 3.05) is 13.7 Å². The summed E-state index contributed by atoms with van der Waals surface area (Å²) in [5.41, 5.74) is 4.27. The number of nitrogens with two attached hydrogens (primary N) is 1. The van der Waals surface area contributed by atoms with Crippen molar-refractivity contribution >= 4 is 10.0 Å². The zero-order valence-corrected chi connectivity index (χ0v) is 12.5. The van der Waals surface area contributed by atoms with Crippen LogP contribution in [0.2, 0.25) is 0 Å². The number of sulfonamides is 1. The van der Waals surface area contributed by atoms with Crippen LogP contribution in [0.5, 0.6) is 0 Å². The molecule has 2 rings (SSSR count). The molecule has 118 valence electrons. The standard InChI is InChI=1S/C13H18F2N2O3S/c1-20-13(5-2-6-13)8-17-21(18,19)11-4-3-10(14)9(7-16)12(11)15/h3-4,17H,2,5-8,16H2,1H3. The van der Waals surface area contributed by atoms with Crippen LogP contribution in [0.4, 0.5) is 8.78 Å². The molecule has 8 heteroatoms. The van der Waals surface area contributed by atoms with E-state index in [4.69, 9.17) is 10.5 Å². The minimum absolute atomic E-state index is 0.0562. The highest BCUT2D eigenvalue weighted by Gasteiger charge is 2.38. The van der Waals surface area contributed by atoms with Gasteiger partial charge in [-0.15, -0.1) is 0 Å². The van der Waals surface area contributed by atoms with Gasteiger partial charge in [0.25, 0.3) is 0 Å². The SMILES string of the molecule is COC1(CNS(=O)(=O)c2ccc(F)c(CN)c2F)CCC1. The minimum Gasteiger partial charge on any atom is -0.377 e. The van der Waals surface area contributed by atoms with E-state index in [2.05, 4.69) is 4.72 Å². The van der Waals surface area contributed by atoms with Crippen molar-refractivity contribution in [1.29, 1.82) is 0 Å². The molecule has 5 nitrogen and oxygen atoms in total. The van der Waals surface area contributed by atoms with Gasteiger partial charge in [-0.1, -0.05) is 0 Å². The second-order valence-electron chi connectivity index (χ2n) is 5.11. The van der Waals surface area contributed by atoms with Gasteiger partial charge in [0, 0.05) is 25.8 Å². The lowest BCUT2D eigenvalue weighted by Gasteiger charge is -2.40. The van der Waals surface area contributed by atoms with Gasteiger partial charge in [0.1, 0.15) is 10.7 Å². The maximum atomic E-state index is 14.1. The molecular formula is C13H18F2N2O3S. The van der Waals surface area contributed by atoms with Crippen molar-refractivity contribution in [2.45, 2.75) is 36.3 Å². The second-order valence-corrected chi connectivity index (χ2v) is 6.84. The van der Waals surface area contributed by atoms with Gasteiger partial charge in [-0.05, 0) is 31.4 Å². The first-order valence-electron chi connectivity index (χ1n) is 6.57. The largest absolute Gasteiger partial charge is 0.377 e. The molecule has 0 spiro atoms. The van der Waals surface area contributed by atoms with Crippen molar-refractivity contribution in [3.63, 3.8) is 0 Å². The van der Waals surface area contributed by atoms with Gasteiger partial charge in [0.2, 0.25) is 10.0 Å². The lowest BCUT2D eigenvalue weighted by atomic mass is 9.80. The highest BCUT2D eigenvalue weighted by atomic mass is 32.2.